The lowest BCUT2D eigenvalue weighted by molar-refractivity contribution is -0.662. The molecule has 1 aromatic rings. The van der Waals surface area contributed by atoms with Crippen molar-refractivity contribution >= 4 is 5.69 Å². The van der Waals surface area contributed by atoms with E-state index in [9.17, 15) is 15.2 Å². The molecule has 0 spiro atoms. The average molecular weight is 239 g/mol. The van der Waals surface area contributed by atoms with Gasteiger partial charge in [0.1, 0.15) is 12.6 Å². The van der Waals surface area contributed by atoms with Crippen LogP contribution in [0.1, 0.15) is 31.4 Å². The van der Waals surface area contributed by atoms with Gasteiger partial charge in [0.15, 0.2) is 0 Å². The van der Waals surface area contributed by atoms with Crippen LogP contribution in [0.3, 0.4) is 0 Å². The molecular formula is C12H19N2O3+. The highest BCUT2D eigenvalue weighted by Crippen LogP contribution is 2.16. The number of nitrogens with two attached hydrogens (primary N) is 1. The van der Waals surface area contributed by atoms with Crippen molar-refractivity contribution in [2.45, 2.75) is 25.9 Å². The van der Waals surface area contributed by atoms with E-state index >= 15 is 0 Å². The van der Waals surface area contributed by atoms with Crippen LogP contribution in [0.5, 0.6) is 0 Å². The zero-order valence-electron chi connectivity index (χ0n) is 10.0. The third-order valence-corrected chi connectivity index (χ3v) is 2.64. The van der Waals surface area contributed by atoms with Gasteiger partial charge in [-0.3, -0.25) is 10.1 Å². The van der Waals surface area contributed by atoms with Crippen LogP contribution in [0.15, 0.2) is 24.3 Å². The largest absolute Gasteiger partial charge is 0.382 e. The minimum atomic E-state index is -0.562. The van der Waals surface area contributed by atoms with Crippen LogP contribution in [-0.4, -0.2) is 23.1 Å². The van der Waals surface area contributed by atoms with Crippen molar-refractivity contribution in [1.82, 2.24) is 0 Å². The quantitative estimate of drug-likeness (QED) is 0.423. The van der Waals surface area contributed by atoms with Crippen molar-refractivity contribution in [3.05, 3.63) is 39.9 Å². The summed E-state index contributed by atoms with van der Waals surface area (Å²) in [6, 6.07) is 6.06. The predicted molar refractivity (Wildman–Crippen MR) is 64.6 cm³/mol. The van der Waals surface area contributed by atoms with E-state index in [1.807, 2.05) is 0 Å². The van der Waals surface area contributed by atoms with Crippen LogP contribution in [0, 0.1) is 10.1 Å². The summed E-state index contributed by atoms with van der Waals surface area (Å²) in [5.74, 6) is 0. The van der Waals surface area contributed by atoms with Crippen LogP contribution in [0.4, 0.5) is 5.69 Å². The van der Waals surface area contributed by atoms with Crippen molar-refractivity contribution in [2.24, 2.45) is 0 Å². The number of hydrogen-bond donors (Lipinski definition) is 2. The molecule has 0 saturated carbocycles. The molecule has 5 nitrogen and oxygen atoms in total. The first-order valence-corrected chi connectivity index (χ1v) is 5.89. The van der Waals surface area contributed by atoms with E-state index in [-0.39, 0.29) is 5.69 Å². The average Bonchev–Trinajstić information content (AvgIpc) is 2.34. The lowest BCUT2D eigenvalue weighted by Crippen LogP contribution is -2.85. The second kappa shape index (κ2) is 6.98. The summed E-state index contributed by atoms with van der Waals surface area (Å²) < 4.78 is 0. The van der Waals surface area contributed by atoms with Gasteiger partial charge >= 0.3 is 0 Å². The number of benzene rings is 1. The molecule has 0 aromatic heterocycles. The smallest absolute Gasteiger partial charge is 0.269 e. The van der Waals surface area contributed by atoms with E-state index < -0.39 is 11.0 Å². The summed E-state index contributed by atoms with van der Waals surface area (Å²) >= 11 is 0. The number of rotatable bonds is 7. The Morgan fingerprint density at radius 3 is 2.59 bits per heavy atom. The molecule has 1 aromatic carbocycles. The molecule has 0 aliphatic heterocycles. The fraction of sp³-hybridized carbons (Fsp3) is 0.500. The Bertz CT molecular complexity index is 351. The normalized spacial score (nSPS) is 12.4. The Labute approximate surface area is 101 Å². The zero-order chi connectivity index (χ0) is 12.7. The maximum absolute atomic E-state index is 10.5. The SMILES string of the molecule is CCCC[NH2+]C[C@H](O)c1ccc([N+](=O)[O-])cc1. The van der Waals surface area contributed by atoms with Gasteiger partial charge in [-0.15, -0.1) is 0 Å². The van der Waals surface area contributed by atoms with Crippen LogP contribution in [-0.2, 0) is 0 Å². The maximum Gasteiger partial charge on any atom is 0.269 e. The predicted octanol–water partition coefficient (Wildman–Crippen LogP) is 0.992. The number of nitrogens with zero attached hydrogens (tertiary/aromatic N) is 1. The summed E-state index contributed by atoms with van der Waals surface area (Å²) in [5, 5.41) is 22.4. The van der Waals surface area contributed by atoms with Crippen molar-refractivity contribution in [3.63, 3.8) is 0 Å². The van der Waals surface area contributed by atoms with E-state index in [4.69, 9.17) is 0 Å². The molecule has 0 radical (unpaired) electrons. The number of nitro benzene ring substituents is 1. The number of aliphatic hydroxyl groups excluding tert-OH is 1. The van der Waals surface area contributed by atoms with Crippen molar-refractivity contribution in [3.8, 4) is 0 Å². The Balaban J connectivity index is 2.46. The summed E-state index contributed by atoms with van der Waals surface area (Å²) in [6.07, 6.45) is 1.71. The van der Waals surface area contributed by atoms with Crippen LogP contribution >= 0.6 is 0 Å². The summed E-state index contributed by atoms with van der Waals surface area (Å²) in [7, 11) is 0. The lowest BCUT2D eigenvalue weighted by Gasteiger charge is -2.09. The van der Waals surface area contributed by atoms with E-state index in [0.29, 0.717) is 6.54 Å². The molecule has 0 aliphatic carbocycles. The molecule has 0 unspecified atom stereocenters. The minimum Gasteiger partial charge on any atom is -0.382 e. The highest BCUT2D eigenvalue weighted by Gasteiger charge is 2.11. The number of hydrogen-bond acceptors (Lipinski definition) is 3. The molecule has 1 rings (SSSR count). The highest BCUT2D eigenvalue weighted by molar-refractivity contribution is 5.33. The number of unbranched alkanes of at least 4 members (excludes halogenated alkanes) is 1. The molecule has 17 heavy (non-hydrogen) atoms. The molecule has 0 heterocycles. The summed E-state index contributed by atoms with van der Waals surface area (Å²) in [4.78, 5) is 10.0. The third kappa shape index (κ3) is 4.50. The molecule has 3 N–H and O–H groups in total. The molecule has 94 valence electrons. The van der Waals surface area contributed by atoms with Gasteiger partial charge in [0, 0.05) is 12.1 Å². The molecule has 0 amide bonds. The van der Waals surface area contributed by atoms with Gasteiger partial charge in [0.25, 0.3) is 5.69 Å². The maximum atomic E-state index is 10.5. The molecule has 5 heteroatoms. The standard InChI is InChI=1S/C12H18N2O3/c1-2-3-8-13-9-12(15)10-4-6-11(7-5-10)14(16)17/h4-7,12-13,15H,2-3,8-9H2,1H3/p+1/t12-/m0/s1. The van der Waals surface area contributed by atoms with Gasteiger partial charge in [0.05, 0.1) is 11.5 Å². The van der Waals surface area contributed by atoms with Crippen LogP contribution in [0.25, 0.3) is 0 Å². The number of quaternary nitrogens is 1. The summed E-state index contributed by atoms with van der Waals surface area (Å²) in [5.41, 5.74) is 0.777. The van der Waals surface area contributed by atoms with Crippen molar-refractivity contribution < 1.29 is 15.3 Å². The Kier molecular flexibility index (Phi) is 5.59. The van der Waals surface area contributed by atoms with Crippen molar-refractivity contribution in [2.75, 3.05) is 13.1 Å². The number of aliphatic hydroxyl groups is 1. The first-order chi connectivity index (χ1) is 8.15. The van der Waals surface area contributed by atoms with Gasteiger partial charge in [0.2, 0.25) is 0 Å². The second-order valence-electron chi connectivity index (χ2n) is 4.03. The first kappa shape index (κ1) is 13.6. The van der Waals surface area contributed by atoms with E-state index in [1.165, 1.54) is 12.1 Å². The zero-order valence-corrected chi connectivity index (χ0v) is 10.0. The number of non-ortho nitro benzene ring substituents is 1. The fourth-order valence-corrected chi connectivity index (χ4v) is 1.58. The minimum absolute atomic E-state index is 0.0518. The first-order valence-electron chi connectivity index (χ1n) is 5.89. The number of nitro groups is 1. The molecule has 0 fully saturated rings. The fourth-order valence-electron chi connectivity index (χ4n) is 1.58. The molecule has 1 atom stereocenters. The highest BCUT2D eigenvalue weighted by atomic mass is 16.6. The lowest BCUT2D eigenvalue weighted by atomic mass is 10.1. The monoisotopic (exact) mass is 239 g/mol. The van der Waals surface area contributed by atoms with Crippen LogP contribution < -0.4 is 5.32 Å². The van der Waals surface area contributed by atoms with Gasteiger partial charge in [-0.25, -0.2) is 0 Å². The molecule has 0 bridgehead atoms. The molecule has 0 saturated heterocycles. The van der Waals surface area contributed by atoms with E-state index in [2.05, 4.69) is 12.2 Å². The van der Waals surface area contributed by atoms with Gasteiger partial charge < -0.3 is 10.4 Å². The topological polar surface area (TPSA) is 80.0 Å². The molecule has 0 aliphatic rings. The Hall–Kier alpha value is -1.46. The second-order valence-corrected chi connectivity index (χ2v) is 4.03. The third-order valence-electron chi connectivity index (χ3n) is 2.64. The van der Waals surface area contributed by atoms with Crippen LogP contribution in [0.2, 0.25) is 0 Å². The van der Waals surface area contributed by atoms with Gasteiger partial charge in [-0.2, -0.15) is 0 Å². The Morgan fingerprint density at radius 2 is 2.06 bits per heavy atom. The van der Waals surface area contributed by atoms with E-state index in [0.717, 1.165) is 24.9 Å². The van der Waals surface area contributed by atoms with Gasteiger partial charge in [-0.05, 0) is 24.1 Å². The Morgan fingerprint density at radius 1 is 1.41 bits per heavy atom. The van der Waals surface area contributed by atoms with Gasteiger partial charge in [-0.1, -0.05) is 13.3 Å². The molecular weight excluding hydrogens is 220 g/mol. The van der Waals surface area contributed by atoms with E-state index in [1.54, 1.807) is 12.1 Å². The summed E-state index contributed by atoms with van der Waals surface area (Å²) in [6.45, 7) is 3.72. The van der Waals surface area contributed by atoms with Crippen molar-refractivity contribution in [1.29, 1.82) is 0 Å².